The summed E-state index contributed by atoms with van der Waals surface area (Å²) in [5.74, 6) is 3.59. The Morgan fingerprint density at radius 2 is 1.83 bits per heavy atom. The fourth-order valence-corrected chi connectivity index (χ4v) is 4.38. The molecule has 1 N–H and O–H groups in total. The SMILES string of the molecule is CS(=O)(=O)c1ccc(OCCCC(=O)N2CCC(c3nc(C4CC4)n[nH]3)CC2)cc1. The van der Waals surface area contributed by atoms with Gasteiger partial charge in [0.2, 0.25) is 5.91 Å². The van der Waals surface area contributed by atoms with Crippen molar-refractivity contribution in [3.05, 3.63) is 35.9 Å². The lowest BCUT2D eigenvalue weighted by Crippen LogP contribution is -2.38. The van der Waals surface area contributed by atoms with Crippen LogP contribution >= 0.6 is 0 Å². The zero-order valence-electron chi connectivity index (χ0n) is 17.2. The van der Waals surface area contributed by atoms with Gasteiger partial charge in [-0.2, -0.15) is 5.10 Å². The topological polar surface area (TPSA) is 105 Å². The van der Waals surface area contributed by atoms with E-state index in [1.165, 1.54) is 31.2 Å². The molecule has 30 heavy (non-hydrogen) atoms. The molecule has 162 valence electrons. The van der Waals surface area contributed by atoms with Crippen LogP contribution < -0.4 is 4.74 Å². The van der Waals surface area contributed by atoms with Gasteiger partial charge in [-0.05, 0) is 56.4 Å². The Morgan fingerprint density at radius 3 is 2.47 bits per heavy atom. The van der Waals surface area contributed by atoms with Gasteiger partial charge in [0, 0.05) is 37.6 Å². The number of hydrogen-bond acceptors (Lipinski definition) is 6. The summed E-state index contributed by atoms with van der Waals surface area (Å²) in [6.07, 6.45) is 6.45. The quantitative estimate of drug-likeness (QED) is 0.643. The van der Waals surface area contributed by atoms with Crippen molar-refractivity contribution in [2.75, 3.05) is 26.0 Å². The molecule has 1 saturated carbocycles. The predicted molar refractivity (Wildman–Crippen MR) is 111 cm³/mol. The molecule has 2 fully saturated rings. The van der Waals surface area contributed by atoms with Crippen LogP contribution in [0.4, 0.5) is 0 Å². The van der Waals surface area contributed by atoms with Gasteiger partial charge in [-0.15, -0.1) is 0 Å². The van der Waals surface area contributed by atoms with Crippen molar-refractivity contribution in [3.63, 3.8) is 0 Å². The van der Waals surface area contributed by atoms with Gasteiger partial charge >= 0.3 is 0 Å². The molecule has 0 spiro atoms. The van der Waals surface area contributed by atoms with E-state index in [-0.39, 0.29) is 10.8 Å². The number of carbonyl (C=O) groups is 1. The highest BCUT2D eigenvalue weighted by Gasteiger charge is 2.30. The standard InChI is InChI=1S/C21H28N4O4S/c1-30(27,28)18-8-6-17(7-9-18)29-14-2-3-19(26)25-12-10-16(11-13-25)21-22-20(23-24-21)15-4-5-15/h6-9,15-16H,2-5,10-14H2,1H3,(H,22,23,24). The zero-order chi connectivity index (χ0) is 21.1. The van der Waals surface area contributed by atoms with Crippen LogP contribution in [0.25, 0.3) is 0 Å². The average molecular weight is 433 g/mol. The van der Waals surface area contributed by atoms with E-state index in [0.717, 1.165) is 37.6 Å². The number of hydrogen-bond donors (Lipinski definition) is 1. The lowest BCUT2D eigenvalue weighted by molar-refractivity contribution is -0.132. The largest absolute Gasteiger partial charge is 0.494 e. The number of H-pyrrole nitrogens is 1. The molecule has 4 rings (SSSR count). The van der Waals surface area contributed by atoms with E-state index in [9.17, 15) is 13.2 Å². The number of carbonyl (C=O) groups excluding carboxylic acids is 1. The summed E-state index contributed by atoms with van der Waals surface area (Å²) in [7, 11) is -3.21. The van der Waals surface area contributed by atoms with Crippen molar-refractivity contribution in [2.24, 2.45) is 0 Å². The first-order chi connectivity index (χ1) is 14.4. The van der Waals surface area contributed by atoms with Crippen LogP contribution in [0.15, 0.2) is 29.2 Å². The van der Waals surface area contributed by atoms with Crippen LogP contribution in [-0.2, 0) is 14.6 Å². The lowest BCUT2D eigenvalue weighted by Gasteiger charge is -2.31. The van der Waals surface area contributed by atoms with E-state index in [0.29, 0.717) is 37.0 Å². The fraction of sp³-hybridized carbons (Fsp3) is 0.571. The van der Waals surface area contributed by atoms with Gasteiger partial charge in [-0.25, -0.2) is 13.4 Å². The molecule has 0 bridgehead atoms. The molecular weight excluding hydrogens is 404 g/mol. The van der Waals surface area contributed by atoms with Crippen molar-refractivity contribution in [1.82, 2.24) is 20.1 Å². The van der Waals surface area contributed by atoms with Crippen molar-refractivity contribution in [1.29, 1.82) is 0 Å². The van der Waals surface area contributed by atoms with E-state index < -0.39 is 9.84 Å². The summed E-state index contributed by atoms with van der Waals surface area (Å²) in [4.78, 5) is 19.3. The maximum absolute atomic E-state index is 12.5. The van der Waals surface area contributed by atoms with E-state index in [2.05, 4.69) is 15.2 Å². The van der Waals surface area contributed by atoms with E-state index in [4.69, 9.17) is 4.74 Å². The summed E-state index contributed by atoms with van der Waals surface area (Å²) >= 11 is 0. The number of aromatic amines is 1. The molecule has 0 unspecified atom stereocenters. The second-order valence-electron chi connectivity index (χ2n) is 8.20. The third kappa shape index (κ3) is 5.19. The Morgan fingerprint density at radius 1 is 1.13 bits per heavy atom. The highest BCUT2D eigenvalue weighted by atomic mass is 32.2. The summed E-state index contributed by atoms with van der Waals surface area (Å²) in [5.41, 5.74) is 0. The Hall–Kier alpha value is -2.42. The minimum absolute atomic E-state index is 0.153. The van der Waals surface area contributed by atoms with Gasteiger partial charge in [-0.1, -0.05) is 0 Å². The van der Waals surface area contributed by atoms with Crippen molar-refractivity contribution in [2.45, 2.75) is 55.3 Å². The Labute approximate surface area is 176 Å². The van der Waals surface area contributed by atoms with E-state index in [1.807, 2.05) is 4.90 Å². The molecule has 1 amide bonds. The molecule has 1 aromatic heterocycles. The third-order valence-corrected chi connectivity index (χ3v) is 6.88. The number of ether oxygens (including phenoxy) is 1. The number of benzene rings is 1. The summed E-state index contributed by atoms with van der Waals surface area (Å²) in [6, 6.07) is 6.34. The van der Waals surface area contributed by atoms with Crippen LogP contribution in [0.3, 0.4) is 0 Å². The summed E-state index contributed by atoms with van der Waals surface area (Å²) in [6.45, 7) is 1.91. The fourth-order valence-electron chi connectivity index (χ4n) is 3.75. The molecule has 0 atom stereocenters. The summed E-state index contributed by atoms with van der Waals surface area (Å²) in [5, 5.41) is 7.43. The van der Waals surface area contributed by atoms with Gasteiger partial charge in [0.05, 0.1) is 11.5 Å². The van der Waals surface area contributed by atoms with Gasteiger partial charge in [0.15, 0.2) is 15.7 Å². The van der Waals surface area contributed by atoms with Gasteiger partial charge in [0.25, 0.3) is 0 Å². The zero-order valence-corrected chi connectivity index (χ0v) is 18.0. The molecule has 2 aliphatic rings. The third-order valence-electron chi connectivity index (χ3n) is 5.75. The highest BCUT2D eigenvalue weighted by molar-refractivity contribution is 7.90. The maximum atomic E-state index is 12.5. The molecule has 1 aliphatic carbocycles. The minimum Gasteiger partial charge on any atom is -0.494 e. The number of nitrogens with one attached hydrogen (secondary N) is 1. The summed E-state index contributed by atoms with van der Waals surface area (Å²) < 4.78 is 28.6. The maximum Gasteiger partial charge on any atom is 0.222 e. The number of likely N-dealkylation sites (tertiary alicyclic amines) is 1. The number of amides is 1. The van der Waals surface area contributed by atoms with Crippen LogP contribution in [0.1, 0.15) is 62.0 Å². The number of nitrogens with zero attached hydrogens (tertiary/aromatic N) is 3. The normalized spacial score (nSPS) is 17.8. The first-order valence-electron chi connectivity index (χ1n) is 10.5. The first kappa shape index (κ1) is 20.8. The number of rotatable bonds is 8. The second-order valence-corrected chi connectivity index (χ2v) is 10.2. The molecule has 2 aromatic rings. The molecule has 0 radical (unpaired) electrons. The Balaban J connectivity index is 1.16. The van der Waals surface area contributed by atoms with E-state index in [1.54, 1.807) is 12.1 Å². The first-order valence-corrected chi connectivity index (χ1v) is 12.4. The van der Waals surface area contributed by atoms with Crippen LogP contribution in [-0.4, -0.2) is 60.4 Å². The Kier molecular flexibility index (Phi) is 6.08. The molecule has 1 aromatic carbocycles. The number of piperidine rings is 1. The molecule has 2 heterocycles. The molecular formula is C21H28N4O4S. The molecule has 1 aliphatic heterocycles. The van der Waals surface area contributed by atoms with Gasteiger partial charge in [-0.3, -0.25) is 9.89 Å². The molecule has 1 saturated heterocycles. The van der Waals surface area contributed by atoms with Crippen LogP contribution in [0, 0.1) is 0 Å². The predicted octanol–water partition coefficient (Wildman–Crippen LogP) is 2.65. The molecule has 8 nitrogen and oxygen atoms in total. The highest BCUT2D eigenvalue weighted by Crippen LogP contribution is 2.38. The van der Waals surface area contributed by atoms with Crippen LogP contribution in [0.5, 0.6) is 5.75 Å². The smallest absolute Gasteiger partial charge is 0.222 e. The van der Waals surface area contributed by atoms with Crippen molar-refractivity contribution in [3.8, 4) is 5.75 Å². The lowest BCUT2D eigenvalue weighted by atomic mass is 9.96. The average Bonchev–Trinajstić information content (AvgIpc) is 3.47. The second kappa shape index (κ2) is 8.75. The minimum atomic E-state index is -3.21. The van der Waals surface area contributed by atoms with Gasteiger partial charge in [0.1, 0.15) is 11.6 Å². The van der Waals surface area contributed by atoms with E-state index >= 15 is 0 Å². The van der Waals surface area contributed by atoms with Crippen molar-refractivity contribution < 1.29 is 17.9 Å². The monoisotopic (exact) mass is 432 g/mol. The Bertz CT molecular complexity index is 975. The number of sulfone groups is 1. The van der Waals surface area contributed by atoms with Crippen molar-refractivity contribution >= 4 is 15.7 Å². The molecule has 9 heteroatoms. The van der Waals surface area contributed by atoms with Gasteiger partial charge < -0.3 is 9.64 Å². The number of aromatic nitrogens is 3. The van der Waals surface area contributed by atoms with Crippen LogP contribution in [0.2, 0.25) is 0 Å².